The summed E-state index contributed by atoms with van der Waals surface area (Å²) in [6, 6.07) is 0. The zero-order valence-electron chi connectivity index (χ0n) is 7.46. The normalized spacial score (nSPS) is 18.0. The molecule has 0 bridgehead atoms. The van der Waals surface area contributed by atoms with Gasteiger partial charge in [-0.3, -0.25) is 0 Å². The van der Waals surface area contributed by atoms with Crippen LogP contribution in [0.25, 0.3) is 0 Å². The van der Waals surface area contributed by atoms with Gasteiger partial charge in [0.1, 0.15) is 0 Å². The molecule has 8 heteroatoms. The van der Waals surface area contributed by atoms with Crippen LogP contribution in [0.15, 0.2) is 0 Å². The Hall–Kier alpha value is -0.560. The van der Waals surface area contributed by atoms with Gasteiger partial charge in [0.05, 0.1) is 0 Å². The maximum atomic E-state index is 12.5. The molecule has 0 aliphatic rings. The fourth-order valence-corrected chi connectivity index (χ4v) is 0.807. The summed E-state index contributed by atoms with van der Waals surface area (Å²) in [7, 11) is 0. The highest BCUT2D eigenvalue weighted by molar-refractivity contribution is 4.96. The zero-order chi connectivity index (χ0) is 12.4. The molecule has 2 atom stereocenters. The summed E-state index contributed by atoms with van der Waals surface area (Å²) in [6.07, 6.45) is -13.1. The fraction of sp³-hybridized carbons (Fsp3) is 1.00. The first kappa shape index (κ1) is 14.4. The summed E-state index contributed by atoms with van der Waals surface area (Å²) in [5.41, 5.74) is 0. The van der Waals surface area contributed by atoms with Gasteiger partial charge in [0, 0.05) is 0 Å². The second kappa shape index (κ2) is 4.52. The molecule has 92 valence electrons. The summed E-state index contributed by atoms with van der Waals surface area (Å²) in [5, 5.41) is 0. The average molecular weight is 244 g/mol. The molecule has 0 saturated heterocycles. The largest absolute Gasteiger partial charge is 0.349 e. The molecule has 0 aromatic rings. The van der Waals surface area contributed by atoms with Crippen LogP contribution in [-0.2, 0) is 0 Å². The van der Waals surface area contributed by atoms with Gasteiger partial charge in [-0.25, -0.2) is 17.6 Å². The van der Waals surface area contributed by atoms with Gasteiger partial charge in [-0.05, 0) is 6.42 Å². The average Bonchev–Trinajstić information content (AvgIpc) is 2.14. The molecule has 0 aliphatic heterocycles. The molecule has 0 N–H and O–H groups in total. The van der Waals surface area contributed by atoms with Crippen molar-refractivity contribution in [3.05, 3.63) is 0 Å². The molecule has 1 unspecified atom stereocenters. The van der Waals surface area contributed by atoms with Gasteiger partial charge >= 0.3 is 11.8 Å². The maximum Gasteiger partial charge on any atom is 0.349 e. The first-order valence-corrected chi connectivity index (χ1v) is 3.90. The molecule has 15 heavy (non-hydrogen) atoms. The summed E-state index contributed by atoms with van der Waals surface area (Å²) in [4.78, 5) is 0. The van der Waals surface area contributed by atoms with Gasteiger partial charge in [-0.2, -0.15) is 17.6 Å². The first-order valence-electron chi connectivity index (χ1n) is 3.90. The van der Waals surface area contributed by atoms with E-state index in [2.05, 4.69) is 0 Å². The highest BCUT2D eigenvalue weighted by Crippen LogP contribution is 2.44. The smallest absolute Gasteiger partial charge is 0.241 e. The summed E-state index contributed by atoms with van der Waals surface area (Å²) in [6.45, 7) is 0.810. The third-order valence-corrected chi connectivity index (χ3v) is 1.76. The van der Waals surface area contributed by atoms with Crippen LogP contribution in [0.3, 0.4) is 0 Å². The molecule has 0 rings (SSSR count). The van der Waals surface area contributed by atoms with Crippen molar-refractivity contribution in [3.8, 4) is 0 Å². The van der Waals surface area contributed by atoms with Crippen molar-refractivity contribution in [1.29, 1.82) is 0 Å². The van der Waals surface area contributed by atoms with Crippen molar-refractivity contribution in [1.82, 2.24) is 0 Å². The minimum atomic E-state index is -5.73. The summed E-state index contributed by atoms with van der Waals surface area (Å²) >= 11 is 0. The Balaban J connectivity index is 4.99. The number of halogens is 8. The van der Waals surface area contributed by atoms with Crippen LogP contribution in [0.1, 0.15) is 13.3 Å². The third-order valence-electron chi connectivity index (χ3n) is 1.76. The number of alkyl halides is 8. The second-order valence-corrected chi connectivity index (χ2v) is 2.86. The van der Waals surface area contributed by atoms with Gasteiger partial charge in [0.15, 0.2) is 6.17 Å². The van der Waals surface area contributed by atoms with Gasteiger partial charge in [0.25, 0.3) is 6.43 Å². The molecule has 0 spiro atoms. The molecular formula is C7H8F8. The Labute approximate surface area is 80.3 Å². The van der Waals surface area contributed by atoms with Crippen molar-refractivity contribution < 1.29 is 35.1 Å². The quantitative estimate of drug-likeness (QED) is 0.648. The minimum Gasteiger partial charge on any atom is -0.241 e. The topological polar surface area (TPSA) is 0 Å². The summed E-state index contributed by atoms with van der Waals surface area (Å²) in [5.74, 6) is -11.2. The third kappa shape index (κ3) is 2.52. The van der Waals surface area contributed by atoms with Crippen LogP contribution in [0, 0.1) is 0 Å². The van der Waals surface area contributed by atoms with Gasteiger partial charge in [-0.15, -0.1) is 0 Å². The lowest BCUT2D eigenvalue weighted by atomic mass is 10.0. The van der Waals surface area contributed by atoms with Crippen molar-refractivity contribution in [2.75, 3.05) is 0 Å². The Kier molecular flexibility index (Phi) is 4.36. The minimum absolute atomic E-state index is 0.810. The second-order valence-electron chi connectivity index (χ2n) is 2.86. The lowest BCUT2D eigenvalue weighted by molar-refractivity contribution is -0.278. The number of rotatable bonds is 5. The predicted molar refractivity (Wildman–Crippen MR) is 36.0 cm³/mol. The van der Waals surface area contributed by atoms with Gasteiger partial charge < -0.3 is 0 Å². The van der Waals surface area contributed by atoms with E-state index in [4.69, 9.17) is 0 Å². The van der Waals surface area contributed by atoms with Crippen LogP contribution in [-0.4, -0.2) is 30.6 Å². The van der Waals surface area contributed by atoms with Crippen LogP contribution < -0.4 is 0 Å². The van der Waals surface area contributed by atoms with E-state index in [0.717, 1.165) is 6.92 Å². The van der Waals surface area contributed by atoms with E-state index in [1.807, 2.05) is 0 Å². The Morgan fingerprint density at radius 2 is 1.27 bits per heavy atom. The van der Waals surface area contributed by atoms with E-state index in [0.29, 0.717) is 0 Å². The molecule has 0 fully saturated rings. The Morgan fingerprint density at radius 3 is 1.53 bits per heavy atom. The van der Waals surface area contributed by atoms with E-state index in [9.17, 15) is 35.1 Å². The molecule has 0 nitrogen and oxygen atoms in total. The van der Waals surface area contributed by atoms with E-state index in [-0.39, 0.29) is 0 Å². The van der Waals surface area contributed by atoms with E-state index in [1.165, 1.54) is 0 Å². The standard InChI is InChI=1S/C7H8F8/c1-2-3(8)6(12,13)7(14,15)4(9)5(10)11/h3-5H,2H2,1H3/t3?,4-/m0/s1. The lowest BCUT2D eigenvalue weighted by Gasteiger charge is -2.30. The fourth-order valence-electron chi connectivity index (χ4n) is 0.807. The van der Waals surface area contributed by atoms with Gasteiger partial charge in [-0.1, -0.05) is 6.92 Å². The molecule has 0 aromatic heterocycles. The van der Waals surface area contributed by atoms with Crippen LogP contribution in [0.2, 0.25) is 0 Å². The first-order chi connectivity index (χ1) is 6.59. The lowest BCUT2D eigenvalue weighted by Crippen LogP contribution is -2.55. The highest BCUT2D eigenvalue weighted by atomic mass is 19.3. The van der Waals surface area contributed by atoms with Crippen molar-refractivity contribution in [3.63, 3.8) is 0 Å². The van der Waals surface area contributed by atoms with E-state index < -0.39 is 37.0 Å². The Bertz CT molecular complexity index is 201. The summed E-state index contributed by atoms with van der Waals surface area (Å²) < 4.78 is 97.5. The predicted octanol–water partition coefficient (Wildman–Crippen LogP) is 3.61. The van der Waals surface area contributed by atoms with Crippen LogP contribution in [0.4, 0.5) is 35.1 Å². The van der Waals surface area contributed by atoms with Crippen molar-refractivity contribution in [2.45, 2.75) is 44.0 Å². The SMILES string of the molecule is CCC(F)C(F)(F)C(F)(F)[C@@H](F)C(F)F. The monoisotopic (exact) mass is 244 g/mol. The van der Waals surface area contributed by atoms with Crippen LogP contribution >= 0.6 is 0 Å². The Morgan fingerprint density at radius 1 is 0.867 bits per heavy atom. The molecule has 0 radical (unpaired) electrons. The zero-order valence-corrected chi connectivity index (χ0v) is 7.46. The molecule has 0 saturated carbocycles. The molecule has 0 amide bonds. The molecule has 0 aromatic carbocycles. The van der Waals surface area contributed by atoms with E-state index >= 15 is 0 Å². The maximum absolute atomic E-state index is 12.5. The molecular weight excluding hydrogens is 236 g/mol. The number of hydrogen-bond donors (Lipinski definition) is 0. The number of hydrogen-bond acceptors (Lipinski definition) is 0. The van der Waals surface area contributed by atoms with Crippen molar-refractivity contribution >= 4 is 0 Å². The van der Waals surface area contributed by atoms with Gasteiger partial charge in [0.2, 0.25) is 6.17 Å². The molecule has 0 heterocycles. The van der Waals surface area contributed by atoms with Crippen molar-refractivity contribution in [2.24, 2.45) is 0 Å². The molecule has 0 aliphatic carbocycles. The van der Waals surface area contributed by atoms with Crippen LogP contribution in [0.5, 0.6) is 0 Å². The van der Waals surface area contributed by atoms with E-state index in [1.54, 1.807) is 0 Å². The highest BCUT2D eigenvalue weighted by Gasteiger charge is 2.67.